The highest BCUT2D eigenvalue weighted by Crippen LogP contribution is 2.32. The number of benzene rings is 1. The number of carbonyl (C=O) groups excluding carboxylic acids is 1. The van der Waals surface area contributed by atoms with Crippen molar-refractivity contribution < 1.29 is 13.9 Å². The molecule has 1 aromatic rings. The van der Waals surface area contributed by atoms with E-state index in [1.165, 1.54) is 18.6 Å². The summed E-state index contributed by atoms with van der Waals surface area (Å²) < 4.78 is 18.3. The highest BCUT2D eigenvalue weighted by atomic mass is 19.1. The van der Waals surface area contributed by atoms with Crippen molar-refractivity contribution in [3.63, 3.8) is 0 Å². The SMILES string of the molecule is COC1(C(=O)Cc2ccc(F)cc2)CCCCC1. The van der Waals surface area contributed by atoms with Gasteiger partial charge in [0.25, 0.3) is 0 Å². The molecule has 1 aromatic carbocycles. The number of Topliss-reactive ketones (excluding diaryl/α,β-unsaturated/α-hetero) is 1. The van der Waals surface area contributed by atoms with E-state index in [4.69, 9.17) is 4.74 Å². The van der Waals surface area contributed by atoms with Gasteiger partial charge in [0.15, 0.2) is 5.78 Å². The first kappa shape index (κ1) is 13.2. The Morgan fingerprint density at radius 1 is 1.22 bits per heavy atom. The molecule has 1 aliphatic carbocycles. The fourth-order valence-electron chi connectivity index (χ4n) is 2.67. The Labute approximate surface area is 107 Å². The van der Waals surface area contributed by atoms with Gasteiger partial charge in [0.05, 0.1) is 0 Å². The Morgan fingerprint density at radius 2 is 1.83 bits per heavy atom. The van der Waals surface area contributed by atoms with Crippen LogP contribution >= 0.6 is 0 Å². The zero-order chi connectivity index (χ0) is 13.0. The predicted octanol–water partition coefficient (Wildman–Crippen LogP) is 3.29. The van der Waals surface area contributed by atoms with Crippen LogP contribution in [0.5, 0.6) is 0 Å². The van der Waals surface area contributed by atoms with Crippen molar-refractivity contribution in [2.45, 2.75) is 44.1 Å². The van der Waals surface area contributed by atoms with Crippen molar-refractivity contribution >= 4 is 5.78 Å². The number of rotatable bonds is 4. The maximum atomic E-state index is 12.8. The summed E-state index contributed by atoms with van der Waals surface area (Å²) in [6.45, 7) is 0. The largest absolute Gasteiger partial charge is 0.370 e. The molecule has 0 N–H and O–H groups in total. The lowest BCUT2D eigenvalue weighted by molar-refractivity contribution is -0.144. The summed E-state index contributed by atoms with van der Waals surface area (Å²) in [6, 6.07) is 6.12. The van der Waals surface area contributed by atoms with Gasteiger partial charge in [-0.1, -0.05) is 31.4 Å². The zero-order valence-corrected chi connectivity index (χ0v) is 10.7. The number of hydrogen-bond donors (Lipinski definition) is 0. The molecule has 0 heterocycles. The van der Waals surface area contributed by atoms with Crippen molar-refractivity contribution in [1.29, 1.82) is 0 Å². The summed E-state index contributed by atoms with van der Waals surface area (Å²) >= 11 is 0. The van der Waals surface area contributed by atoms with Crippen molar-refractivity contribution in [1.82, 2.24) is 0 Å². The van der Waals surface area contributed by atoms with Gasteiger partial charge < -0.3 is 4.74 Å². The van der Waals surface area contributed by atoms with Crippen LogP contribution in [0.15, 0.2) is 24.3 Å². The van der Waals surface area contributed by atoms with E-state index in [1.807, 2.05) is 0 Å². The minimum absolute atomic E-state index is 0.122. The van der Waals surface area contributed by atoms with E-state index in [0.717, 1.165) is 31.2 Å². The zero-order valence-electron chi connectivity index (χ0n) is 10.7. The summed E-state index contributed by atoms with van der Waals surface area (Å²) in [6.07, 6.45) is 5.21. The first-order valence-electron chi connectivity index (χ1n) is 6.49. The van der Waals surface area contributed by atoms with Gasteiger partial charge in [0.1, 0.15) is 11.4 Å². The third-order valence-corrected chi connectivity index (χ3v) is 3.84. The lowest BCUT2D eigenvalue weighted by Crippen LogP contribution is -2.43. The predicted molar refractivity (Wildman–Crippen MR) is 67.9 cm³/mol. The highest BCUT2D eigenvalue weighted by molar-refractivity contribution is 5.89. The van der Waals surface area contributed by atoms with E-state index in [9.17, 15) is 9.18 Å². The smallest absolute Gasteiger partial charge is 0.168 e. The Morgan fingerprint density at radius 3 is 2.39 bits per heavy atom. The molecule has 3 heteroatoms. The molecule has 2 nitrogen and oxygen atoms in total. The summed E-state index contributed by atoms with van der Waals surface area (Å²) in [5.41, 5.74) is 0.246. The molecule has 0 atom stereocenters. The van der Waals surface area contributed by atoms with E-state index >= 15 is 0 Å². The van der Waals surface area contributed by atoms with Gasteiger partial charge in [-0.15, -0.1) is 0 Å². The molecule has 0 aromatic heterocycles. The third kappa shape index (κ3) is 2.78. The van der Waals surface area contributed by atoms with E-state index in [1.54, 1.807) is 19.2 Å². The Balaban J connectivity index is 2.07. The molecule has 2 rings (SSSR count). The quantitative estimate of drug-likeness (QED) is 0.819. The molecule has 0 aliphatic heterocycles. The van der Waals surface area contributed by atoms with Crippen LogP contribution in [0.4, 0.5) is 4.39 Å². The van der Waals surface area contributed by atoms with Crippen LogP contribution in [0, 0.1) is 5.82 Å². The van der Waals surface area contributed by atoms with E-state index < -0.39 is 5.60 Å². The second-order valence-corrected chi connectivity index (χ2v) is 4.99. The molecule has 18 heavy (non-hydrogen) atoms. The molecule has 0 amide bonds. The minimum Gasteiger partial charge on any atom is -0.370 e. The van der Waals surface area contributed by atoms with Gasteiger partial charge in [-0.3, -0.25) is 4.79 Å². The first-order chi connectivity index (χ1) is 8.66. The normalized spacial score (nSPS) is 18.6. The average molecular weight is 250 g/mol. The topological polar surface area (TPSA) is 26.3 Å². The number of halogens is 1. The molecule has 0 bridgehead atoms. The molecular formula is C15H19FO2. The van der Waals surface area contributed by atoms with Gasteiger partial charge >= 0.3 is 0 Å². The molecule has 1 saturated carbocycles. The molecular weight excluding hydrogens is 231 g/mol. The lowest BCUT2D eigenvalue weighted by atomic mass is 9.79. The van der Waals surface area contributed by atoms with Gasteiger partial charge in [-0.25, -0.2) is 4.39 Å². The van der Waals surface area contributed by atoms with Crippen LogP contribution in [0.1, 0.15) is 37.7 Å². The summed E-state index contributed by atoms with van der Waals surface area (Å²) in [4.78, 5) is 12.4. The van der Waals surface area contributed by atoms with E-state index in [2.05, 4.69) is 0 Å². The number of carbonyl (C=O) groups is 1. The van der Waals surface area contributed by atoms with Gasteiger partial charge in [-0.05, 0) is 30.5 Å². The highest BCUT2D eigenvalue weighted by Gasteiger charge is 2.38. The molecule has 0 radical (unpaired) electrons. The summed E-state index contributed by atoms with van der Waals surface area (Å²) in [7, 11) is 1.62. The number of ketones is 1. The van der Waals surface area contributed by atoms with Crippen LogP contribution in [0.3, 0.4) is 0 Å². The van der Waals surface area contributed by atoms with Crippen LogP contribution in [-0.4, -0.2) is 18.5 Å². The first-order valence-corrected chi connectivity index (χ1v) is 6.49. The van der Waals surface area contributed by atoms with Gasteiger partial charge in [0.2, 0.25) is 0 Å². The molecule has 1 fully saturated rings. The van der Waals surface area contributed by atoms with Crippen LogP contribution in [0.25, 0.3) is 0 Å². The fraction of sp³-hybridized carbons (Fsp3) is 0.533. The van der Waals surface area contributed by atoms with Crippen LogP contribution < -0.4 is 0 Å². The summed E-state index contributed by atoms with van der Waals surface area (Å²) in [5, 5.41) is 0. The maximum Gasteiger partial charge on any atom is 0.168 e. The minimum atomic E-state index is -0.605. The van der Waals surface area contributed by atoms with Crippen LogP contribution in [0.2, 0.25) is 0 Å². The van der Waals surface area contributed by atoms with Crippen molar-refractivity contribution in [3.8, 4) is 0 Å². The molecule has 1 aliphatic rings. The Hall–Kier alpha value is -1.22. The van der Waals surface area contributed by atoms with Gasteiger partial charge in [-0.2, -0.15) is 0 Å². The van der Waals surface area contributed by atoms with Crippen molar-refractivity contribution in [2.24, 2.45) is 0 Å². The number of ether oxygens (including phenoxy) is 1. The average Bonchev–Trinajstić information content (AvgIpc) is 2.42. The van der Waals surface area contributed by atoms with E-state index in [-0.39, 0.29) is 11.6 Å². The van der Waals surface area contributed by atoms with E-state index in [0.29, 0.717) is 6.42 Å². The fourth-order valence-corrected chi connectivity index (χ4v) is 2.67. The number of hydrogen-bond acceptors (Lipinski definition) is 2. The molecule has 98 valence electrons. The number of methoxy groups -OCH3 is 1. The summed E-state index contributed by atoms with van der Waals surface area (Å²) in [5.74, 6) is -0.151. The second kappa shape index (κ2) is 5.61. The standard InChI is InChI=1S/C15H19FO2/c1-18-15(9-3-2-4-10-15)14(17)11-12-5-7-13(16)8-6-12/h5-8H,2-4,9-11H2,1H3. The van der Waals surface area contributed by atoms with Gasteiger partial charge in [0, 0.05) is 13.5 Å². The maximum absolute atomic E-state index is 12.8. The van der Waals surface area contributed by atoms with Crippen molar-refractivity contribution in [3.05, 3.63) is 35.6 Å². The molecule has 0 spiro atoms. The monoisotopic (exact) mass is 250 g/mol. The molecule has 0 saturated heterocycles. The van der Waals surface area contributed by atoms with Crippen molar-refractivity contribution in [2.75, 3.05) is 7.11 Å². The van der Waals surface area contributed by atoms with Crippen LogP contribution in [-0.2, 0) is 16.0 Å². The second-order valence-electron chi connectivity index (χ2n) is 4.99. The Kier molecular flexibility index (Phi) is 4.12. The Bertz CT molecular complexity index is 405. The lowest BCUT2D eigenvalue weighted by Gasteiger charge is -2.34. The molecule has 0 unspecified atom stereocenters. The third-order valence-electron chi connectivity index (χ3n) is 3.84.